The molecular weight excluding hydrogens is 614 g/mol. The van der Waals surface area contributed by atoms with Gasteiger partial charge in [0.2, 0.25) is 5.75 Å². The number of amides is 1. The number of likely N-dealkylation sites (tertiary alicyclic amines) is 1. The molecule has 47 heavy (non-hydrogen) atoms. The summed E-state index contributed by atoms with van der Waals surface area (Å²) in [6.45, 7) is 14.9. The molecule has 0 aliphatic carbocycles. The number of aryl methyl sites for hydroxylation is 1. The molecule has 0 aromatic heterocycles. The van der Waals surface area contributed by atoms with Crippen LogP contribution >= 0.6 is 0 Å². The lowest BCUT2D eigenvalue weighted by atomic mass is 9.87. The third-order valence-electron chi connectivity index (χ3n) is 8.30. The summed E-state index contributed by atoms with van der Waals surface area (Å²) in [5.41, 5.74) is 2.43. The van der Waals surface area contributed by atoms with E-state index in [1.165, 1.54) is 5.56 Å². The Labute approximate surface area is 279 Å². The summed E-state index contributed by atoms with van der Waals surface area (Å²) in [6, 6.07) is 20.3. The first-order valence-corrected chi connectivity index (χ1v) is 17.6. The molecule has 10 heteroatoms. The number of nitrogens with zero attached hydrogens (tertiary/aromatic N) is 1. The number of fused-ring (bicyclic) bond motifs is 1. The van der Waals surface area contributed by atoms with Crippen molar-refractivity contribution in [3.63, 3.8) is 0 Å². The van der Waals surface area contributed by atoms with Crippen LogP contribution in [0.3, 0.4) is 0 Å². The highest BCUT2D eigenvalue weighted by Gasteiger charge is 2.40. The molecule has 0 spiro atoms. The number of hydrogen-bond acceptors (Lipinski definition) is 7. The molecule has 0 saturated carbocycles. The second-order valence-corrected chi connectivity index (χ2v) is 16.3. The summed E-state index contributed by atoms with van der Waals surface area (Å²) in [7, 11) is -1.67. The lowest BCUT2D eigenvalue weighted by Gasteiger charge is -2.29. The highest BCUT2D eigenvalue weighted by Crippen LogP contribution is 2.45. The van der Waals surface area contributed by atoms with Crippen molar-refractivity contribution in [1.29, 1.82) is 0 Å². The quantitative estimate of drug-likeness (QED) is 0.172. The number of carbonyl (C=O) groups excluding carboxylic acids is 1. The third-order valence-corrected chi connectivity index (χ3v) is 10.6. The van der Waals surface area contributed by atoms with Gasteiger partial charge in [0.25, 0.3) is 9.04 Å². The van der Waals surface area contributed by atoms with E-state index in [9.17, 15) is 14.7 Å². The van der Waals surface area contributed by atoms with E-state index >= 15 is 0 Å². The third kappa shape index (κ3) is 8.47. The fourth-order valence-electron chi connectivity index (χ4n) is 5.98. The van der Waals surface area contributed by atoms with Gasteiger partial charge in [0.15, 0.2) is 11.5 Å². The van der Waals surface area contributed by atoms with Gasteiger partial charge in [-0.2, -0.15) is 0 Å². The largest absolute Gasteiger partial charge is 0.511 e. The number of carbonyl (C=O) groups is 2. The van der Waals surface area contributed by atoms with E-state index in [1.54, 1.807) is 11.0 Å². The van der Waals surface area contributed by atoms with Crippen LogP contribution in [0.1, 0.15) is 71.1 Å². The summed E-state index contributed by atoms with van der Waals surface area (Å²) in [4.78, 5) is 26.8. The van der Waals surface area contributed by atoms with E-state index in [4.69, 9.17) is 23.4 Å². The zero-order valence-electron chi connectivity index (χ0n) is 28.4. The van der Waals surface area contributed by atoms with Crippen molar-refractivity contribution < 1.29 is 38.1 Å². The molecule has 5 rings (SSSR count). The van der Waals surface area contributed by atoms with Gasteiger partial charge in [0.05, 0.1) is 18.8 Å². The number of ether oxygens (including phenoxy) is 4. The number of hydrogen-bond donors (Lipinski definition) is 1. The standard InChI is InChI=1S/C37H46NO8Si/c1-24-20-31(33(44-35(40)41)32-30(24)14-11-19-42-32)43-23-26-21-27(22-38(26)34(39)45-37(5,6)7)46-47(28-12-9-8-10-13-28)29-17-15-25(16-18-29)36(2,3)4/h8-10,12-13,15-18,20,26-27H,11,14,19,21-23H2,1-7H3,(H,40,41)/t26-,27+/m1/s1. The molecule has 1 saturated heterocycles. The lowest BCUT2D eigenvalue weighted by Crippen LogP contribution is -2.48. The van der Waals surface area contributed by atoms with Gasteiger partial charge in [0.1, 0.15) is 12.2 Å². The molecule has 1 radical (unpaired) electrons. The molecule has 2 atom stereocenters. The zero-order chi connectivity index (χ0) is 33.9. The van der Waals surface area contributed by atoms with Crippen molar-refractivity contribution in [1.82, 2.24) is 4.90 Å². The molecule has 1 fully saturated rings. The van der Waals surface area contributed by atoms with E-state index in [0.29, 0.717) is 25.3 Å². The minimum atomic E-state index is -1.67. The van der Waals surface area contributed by atoms with Crippen LogP contribution in [0.15, 0.2) is 60.7 Å². The van der Waals surface area contributed by atoms with Gasteiger partial charge in [-0.05, 0) is 79.9 Å². The van der Waals surface area contributed by atoms with Gasteiger partial charge in [-0.25, -0.2) is 9.59 Å². The Morgan fingerprint density at radius 2 is 1.68 bits per heavy atom. The highest BCUT2D eigenvalue weighted by molar-refractivity contribution is 6.80. The number of benzene rings is 3. The summed E-state index contributed by atoms with van der Waals surface area (Å²) >= 11 is 0. The van der Waals surface area contributed by atoms with Crippen LogP contribution in [-0.4, -0.2) is 68.8 Å². The predicted octanol–water partition coefficient (Wildman–Crippen LogP) is 6.25. The average Bonchev–Trinajstić information content (AvgIpc) is 3.42. The van der Waals surface area contributed by atoms with Gasteiger partial charge in [-0.15, -0.1) is 0 Å². The van der Waals surface area contributed by atoms with Crippen LogP contribution in [0.4, 0.5) is 9.59 Å². The van der Waals surface area contributed by atoms with Crippen LogP contribution in [-0.2, 0) is 21.0 Å². The van der Waals surface area contributed by atoms with Crippen molar-refractivity contribution in [2.75, 3.05) is 19.8 Å². The smallest absolute Gasteiger partial charge is 0.489 e. The van der Waals surface area contributed by atoms with Crippen molar-refractivity contribution >= 4 is 31.7 Å². The molecule has 3 aromatic carbocycles. The van der Waals surface area contributed by atoms with Crippen molar-refractivity contribution in [3.05, 3.63) is 77.4 Å². The van der Waals surface area contributed by atoms with Gasteiger partial charge in [-0.1, -0.05) is 75.4 Å². The Morgan fingerprint density at radius 1 is 1.00 bits per heavy atom. The van der Waals surface area contributed by atoms with E-state index in [1.807, 2.05) is 45.9 Å². The van der Waals surface area contributed by atoms with Crippen molar-refractivity contribution in [2.45, 2.75) is 90.9 Å². The van der Waals surface area contributed by atoms with Gasteiger partial charge < -0.3 is 28.5 Å². The molecule has 1 amide bonds. The average molecular weight is 661 g/mol. The Bertz CT molecular complexity index is 1560. The van der Waals surface area contributed by atoms with Crippen molar-refractivity contribution in [2.24, 2.45) is 0 Å². The minimum Gasteiger partial charge on any atom is -0.489 e. The summed E-state index contributed by atoms with van der Waals surface area (Å²) in [5.74, 6) is 0.700. The fourth-order valence-corrected chi connectivity index (χ4v) is 8.06. The van der Waals surface area contributed by atoms with Crippen LogP contribution in [0.2, 0.25) is 0 Å². The highest BCUT2D eigenvalue weighted by atomic mass is 28.3. The van der Waals surface area contributed by atoms with Crippen LogP contribution in [0.25, 0.3) is 0 Å². The fraction of sp³-hybridized carbons (Fsp3) is 0.459. The minimum absolute atomic E-state index is 0.0315. The molecule has 2 aliphatic heterocycles. The van der Waals surface area contributed by atoms with Crippen LogP contribution < -0.4 is 24.6 Å². The SMILES string of the molecule is Cc1cc(OC[C@H]2C[C@H](O[Si](c3ccccc3)c3ccc(C(C)(C)C)cc3)CN2C(=O)OC(C)(C)C)c(OC(=O)O)c2c1CCCO2. The Kier molecular flexibility index (Phi) is 10.2. The normalized spacial score (nSPS) is 18.0. The Hall–Kier alpha value is -4.02. The summed E-state index contributed by atoms with van der Waals surface area (Å²) in [5, 5.41) is 11.7. The number of rotatable bonds is 8. The Morgan fingerprint density at radius 3 is 2.32 bits per heavy atom. The van der Waals surface area contributed by atoms with Crippen LogP contribution in [0, 0.1) is 6.92 Å². The van der Waals surface area contributed by atoms with Gasteiger partial charge in [-0.3, -0.25) is 4.90 Å². The molecule has 0 unspecified atom stereocenters. The first kappa shape index (κ1) is 34.3. The van der Waals surface area contributed by atoms with E-state index < -0.39 is 32.9 Å². The van der Waals surface area contributed by atoms with E-state index in [-0.39, 0.29) is 29.6 Å². The van der Waals surface area contributed by atoms with Gasteiger partial charge >= 0.3 is 12.2 Å². The maximum atomic E-state index is 13.5. The molecule has 0 bridgehead atoms. The molecule has 251 valence electrons. The zero-order valence-corrected chi connectivity index (χ0v) is 29.4. The maximum Gasteiger partial charge on any atom is 0.511 e. The van der Waals surface area contributed by atoms with E-state index in [2.05, 4.69) is 57.2 Å². The van der Waals surface area contributed by atoms with E-state index in [0.717, 1.165) is 34.3 Å². The topological polar surface area (TPSA) is 104 Å². The maximum absolute atomic E-state index is 13.5. The first-order valence-electron chi connectivity index (χ1n) is 16.2. The summed E-state index contributed by atoms with van der Waals surface area (Å²) in [6.07, 6.45) is -0.0813. The molecule has 3 aromatic rings. The monoisotopic (exact) mass is 660 g/mol. The van der Waals surface area contributed by atoms with Gasteiger partial charge in [0, 0.05) is 12.1 Å². The van der Waals surface area contributed by atoms with Crippen molar-refractivity contribution in [3.8, 4) is 17.2 Å². The first-order chi connectivity index (χ1) is 22.2. The number of carboxylic acid groups (broad SMARTS) is 1. The van der Waals surface area contributed by atoms with Crippen LogP contribution in [0.5, 0.6) is 17.2 Å². The molecule has 2 aliphatic rings. The molecular formula is C37H46NO8Si. The summed E-state index contributed by atoms with van der Waals surface area (Å²) < 4.78 is 30.1. The Balaban J connectivity index is 1.42. The second-order valence-electron chi connectivity index (χ2n) is 14.2. The molecule has 9 nitrogen and oxygen atoms in total. The second kappa shape index (κ2) is 14.0. The molecule has 2 heterocycles. The predicted molar refractivity (Wildman–Crippen MR) is 182 cm³/mol. The lowest BCUT2D eigenvalue weighted by molar-refractivity contribution is 0.0175. The molecule has 1 N–H and O–H groups in total.